The number of benzene rings is 2. The third-order valence-electron chi connectivity index (χ3n) is 4.76. The van der Waals surface area contributed by atoms with Gasteiger partial charge in [0.15, 0.2) is 9.84 Å². The summed E-state index contributed by atoms with van der Waals surface area (Å²) < 4.78 is 38.5. The van der Waals surface area contributed by atoms with Gasteiger partial charge in [-0.1, -0.05) is 0 Å². The van der Waals surface area contributed by atoms with E-state index in [4.69, 9.17) is 0 Å². The molecule has 6 nitrogen and oxygen atoms in total. The highest BCUT2D eigenvalue weighted by atomic mass is 32.2. The summed E-state index contributed by atoms with van der Waals surface area (Å²) in [7, 11) is -3.55. The fraction of sp³-hybridized carbons (Fsp3) is 0.300. The first kappa shape index (κ1) is 20.0. The molecule has 0 saturated carbocycles. The van der Waals surface area contributed by atoms with Gasteiger partial charge in [-0.2, -0.15) is 0 Å². The summed E-state index contributed by atoms with van der Waals surface area (Å²) in [6.45, 7) is 2.07. The number of nitrogens with one attached hydrogen (secondary N) is 1. The van der Waals surface area contributed by atoms with Gasteiger partial charge in [-0.15, -0.1) is 0 Å². The van der Waals surface area contributed by atoms with Gasteiger partial charge in [0, 0.05) is 31.3 Å². The van der Waals surface area contributed by atoms with Gasteiger partial charge in [0.2, 0.25) is 5.91 Å². The van der Waals surface area contributed by atoms with E-state index in [-0.39, 0.29) is 16.7 Å². The van der Waals surface area contributed by atoms with Crippen molar-refractivity contribution >= 4 is 27.3 Å². The van der Waals surface area contributed by atoms with Gasteiger partial charge < -0.3 is 10.2 Å². The molecule has 28 heavy (non-hydrogen) atoms. The lowest BCUT2D eigenvalue weighted by Crippen LogP contribution is -2.42. The summed E-state index contributed by atoms with van der Waals surface area (Å²) in [6, 6.07) is 11.4. The number of hydrogen-bond acceptors (Lipinski definition) is 4. The molecular formula is C20H21FN2O4S. The van der Waals surface area contributed by atoms with Gasteiger partial charge in [0.25, 0.3) is 5.91 Å². The molecule has 1 heterocycles. The predicted octanol–water partition coefficient (Wildman–Crippen LogP) is 2.86. The largest absolute Gasteiger partial charge is 0.339 e. The average molecular weight is 404 g/mol. The molecule has 0 aromatic heterocycles. The Morgan fingerprint density at radius 3 is 2.11 bits per heavy atom. The van der Waals surface area contributed by atoms with E-state index in [1.54, 1.807) is 29.2 Å². The molecule has 2 aromatic carbocycles. The zero-order valence-electron chi connectivity index (χ0n) is 15.4. The van der Waals surface area contributed by atoms with Gasteiger partial charge in [0.1, 0.15) is 5.82 Å². The molecule has 0 unspecified atom stereocenters. The lowest BCUT2D eigenvalue weighted by molar-refractivity contribution is -0.114. The third-order valence-corrected chi connectivity index (χ3v) is 7.04. The number of amides is 2. The fourth-order valence-electron chi connectivity index (χ4n) is 3.27. The summed E-state index contributed by atoms with van der Waals surface area (Å²) >= 11 is 0. The lowest BCUT2D eigenvalue weighted by Gasteiger charge is -2.31. The molecule has 2 amide bonds. The Bertz CT molecular complexity index is 964. The minimum atomic E-state index is -3.55. The van der Waals surface area contributed by atoms with Gasteiger partial charge >= 0.3 is 0 Å². The van der Waals surface area contributed by atoms with Crippen molar-refractivity contribution in [3.8, 4) is 0 Å². The second-order valence-electron chi connectivity index (χ2n) is 6.75. The van der Waals surface area contributed by atoms with Crippen LogP contribution in [0.25, 0.3) is 0 Å². The Morgan fingerprint density at radius 1 is 1.00 bits per heavy atom. The first-order valence-corrected chi connectivity index (χ1v) is 10.5. The molecule has 3 rings (SSSR count). The van der Waals surface area contributed by atoms with E-state index in [0.717, 1.165) is 12.1 Å². The summed E-state index contributed by atoms with van der Waals surface area (Å²) in [4.78, 5) is 25.4. The number of carbonyl (C=O) groups is 2. The van der Waals surface area contributed by atoms with E-state index in [1.165, 1.54) is 19.1 Å². The second kappa shape index (κ2) is 8.10. The lowest BCUT2D eigenvalue weighted by atomic mass is 10.1. The number of likely N-dealkylation sites (tertiary alicyclic amines) is 1. The Hall–Kier alpha value is -2.74. The number of rotatable bonds is 4. The first-order chi connectivity index (χ1) is 13.3. The number of nitrogens with zero attached hydrogens (tertiary/aromatic N) is 1. The van der Waals surface area contributed by atoms with Crippen LogP contribution >= 0.6 is 0 Å². The number of sulfone groups is 1. The maximum atomic E-state index is 13.0. The molecule has 1 fully saturated rings. The quantitative estimate of drug-likeness (QED) is 0.795. The molecule has 1 N–H and O–H groups in total. The van der Waals surface area contributed by atoms with Crippen molar-refractivity contribution in [1.82, 2.24) is 4.90 Å². The number of halogens is 1. The van der Waals surface area contributed by atoms with Crippen LogP contribution in [0.3, 0.4) is 0 Å². The van der Waals surface area contributed by atoms with Crippen LogP contribution in [0.2, 0.25) is 0 Å². The maximum Gasteiger partial charge on any atom is 0.253 e. The predicted molar refractivity (Wildman–Crippen MR) is 103 cm³/mol. The molecule has 1 aliphatic rings. The monoisotopic (exact) mass is 404 g/mol. The van der Waals surface area contributed by atoms with Crippen molar-refractivity contribution < 1.29 is 22.4 Å². The minimum absolute atomic E-state index is 0.104. The first-order valence-electron chi connectivity index (χ1n) is 8.94. The molecule has 0 radical (unpaired) electrons. The standard InChI is InChI=1S/C20H21FN2O4S/c1-14(24)22-17-6-2-15(3-7-17)20(25)23-12-10-19(11-13-23)28(26,27)18-8-4-16(21)5-9-18/h2-9,19H,10-13H2,1H3,(H,22,24). The van der Waals surface area contributed by atoms with E-state index in [0.29, 0.717) is 37.2 Å². The van der Waals surface area contributed by atoms with Gasteiger partial charge in [-0.25, -0.2) is 12.8 Å². The highest BCUT2D eigenvalue weighted by Crippen LogP contribution is 2.25. The van der Waals surface area contributed by atoms with E-state index >= 15 is 0 Å². The van der Waals surface area contributed by atoms with E-state index in [9.17, 15) is 22.4 Å². The van der Waals surface area contributed by atoms with Crippen molar-refractivity contribution in [2.45, 2.75) is 29.9 Å². The Labute approximate surface area is 163 Å². The zero-order chi connectivity index (χ0) is 20.3. The average Bonchev–Trinajstić information content (AvgIpc) is 2.68. The zero-order valence-corrected chi connectivity index (χ0v) is 16.2. The molecule has 0 spiro atoms. The number of piperidine rings is 1. The van der Waals surface area contributed by atoms with Crippen molar-refractivity contribution in [3.05, 3.63) is 59.9 Å². The van der Waals surface area contributed by atoms with Crippen LogP contribution in [0.5, 0.6) is 0 Å². The van der Waals surface area contributed by atoms with Crippen LogP contribution in [0, 0.1) is 5.82 Å². The molecule has 1 aliphatic heterocycles. The number of anilines is 1. The van der Waals surface area contributed by atoms with Gasteiger partial charge in [0.05, 0.1) is 10.1 Å². The molecule has 0 aliphatic carbocycles. The van der Waals surface area contributed by atoms with Crippen molar-refractivity contribution in [1.29, 1.82) is 0 Å². The molecule has 2 aromatic rings. The van der Waals surface area contributed by atoms with Crippen LogP contribution < -0.4 is 5.32 Å². The summed E-state index contributed by atoms with van der Waals surface area (Å²) in [6.07, 6.45) is 0.658. The molecule has 148 valence electrons. The summed E-state index contributed by atoms with van der Waals surface area (Å²) in [5, 5.41) is 2.04. The van der Waals surface area contributed by atoms with Crippen molar-refractivity contribution in [2.75, 3.05) is 18.4 Å². The van der Waals surface area contributed by atoms with Crippen LogP contribution in [0.1, 0.15) is 30.1 Å². The van der Waals surface area contributed by atoms with Crippen LogP contribution in [-0.4, -0.2) is 43.5 Å². The highest BCUT2D eigenvalue weighted by molar-refractivity contribution is 7.92. The van der Waals surface area contributed by atoms with Crippen molar-refractivity contribution in [2.24, 2.45) is 0 Å². The van der Waals surface area contributed by atoms with E-state index in [1.807, 2.05) is 0 Å². The SMILES string of the molecule is CC(=O)Nc1ccc(C(=O)N2CCC(S(=O)(=O)c3ccc(F)cc3)CC2)cc1. The van der Waals surface area contributed by atoms with Crippen LogP contribution in [-0.2, 0) is 14.6 Å². The Morgan fingerprint density at radius 2 is 1.57 bits per heavy atom. The molecular weight excluding hydrogens is 383 g/mol. The van der Waals surface area contributed by atoms with Gasteiger partial charge in [-0.3, -0.25) is 9.59 Å². The summed E-state index contributed by atoms with van der Waals surface area (Å²) in [5.41, 5.74) is 1.09. The Balaban J connectivity index is 1.63. The molecule has 1 saturated heterocycles. The van der Waals surface area contributed by atoms with Crippen molar-refractivity contribution in [3.63, 3.8) is 0 Å². The normalized spacial score (nSPS) is 15.3. The minimum Gasteiger partial charge on any atom is -0.339 e. The van der Waals surface area contributed by atoms with Gasteiger partial charge in [-0.05, 0) is 61.4 Å². The molecule has 8 heteroatoms. The smallest absolute Gasteiger partial charge is 0.253 e. The van der Waals surface area contributed by atoms with E-state index in [2.05, 4.69) is 5.32 Å². The van der Waals surface area contributed by atoms with Crippen LogP contribution in [0.4, 0.5) is 10.1 Å². The molecule has 0 bridgehead atoms. The third kappa shape index (κ3) is 4.39. The fourth-order valence-corrected chi connectivity index (χ4v) is 5.00. The Kier molecular flexibility index (Phi) is 5.79. The number of carbonyl (C=O) groups excluding carboxylic acids is 2. The number of hydrogen-bond donors (Lipinski definition) is 1. The summed E-state index contributed by atoms with van der Waals surface area (Å²) in [5.74, 6) is -0.848. The highest BCUT2D eigenvalue weighted by Gasteiger charge is 2.33. The molecule has 0 atom stereocenters. The topological polar surface area (TPSA) is 83.6 Å². The second-order valence-corrected chi connectivity index (χ2v) is 8.98. The van der Waals surface area contributed by atoms with Crippen LogP contribution in [0.15, 0.2) is 53.4 Å². The van der Waals surface area contributed by atoms with E-state index < -0.39 is 20.9 Å². The maximum absolute atomic E-state index is 13.0.